The number of rotatable bonds is 6. The van der Waals surface area contributed by atoms with Crippen molar-refractivity contribution in [3.63, 3.8) is 0 Å². The number of nitrogens with zero attached hydrogens (tertiary/aromatic N) is 2. The molecule has 0 aromatic carbocycles. The summed E-state index contributed by atoms with van der Waals surface area (Å²) in [4.78, 5) is 33.2. The minimum Gasteiger partial charge on any atom is -0.350 e. The van der Waals surface area contributed by atoms with Gasteiger partial charge in [-0.25, -0.2) is 0 Å². The summed E-state index contributed by atoms with van der Waals surface area (Å²) in [5, 5.41) is 7.23. The molecule has 3 N–H and O–H groups in total. The van der Waals surface area contributed by atoms with Gasteiger partial charge in [0.2, 0.25) is 12.3 Å². The molecule has 5 rings (SSSR count). The van der Waals surface area contributed by atoms with E-state index in [1.54, 1.807) is 4.90 Å². The lowest BCUT2D eigenvalue weighted by Gasteiger charge is -2.43. The SMILES string of the molecule is CCC1CNC(C(NC(=O)C2CC3CCCC(C)C3ON2)C2CC2)C(C)C1.CN1CCN(C=O)CC1. The third-order valence-corrected chi connectivity index (χ3v) is 9.51. The second-order valence-corrected chi connectivity index (χ2v) is 12.4. The zero-order chi connectivity index (χ0) is 25.7. The van der Waals surface area contributed by atoms with E-state index in [1.165, 1.54) is 44.9 Å². The monoisotopic (exact) mass is 505 g/mol. The lowest BCUT2D eigenvalue weighted by molar-refractivity contribution is -0.161. The van der Waals surface area contributed by atoms with Crippen LogP contribution >= 0.6 is 0 Å². The Kier molecular flexibility index (Phi) is 10.1. The fourth-order valence-electron chi connectivity index (χ4n) is 6.83. The van der Waals surface area contributed by atoms with Crippen LogP contribution in [0.1, 0.15) is 72.1 Å². The van der Waals surface area contributed by atoms with Crippen LogP contribution in [0.5, 0.6) is 0 Å². The van der Waals surface area contributed by atoms with Crippen molar-refractivity contribution in [3.8, 4) is 0 Å². The van der Waals surface area contributed by atoms with Crippen LogP contribution in [0.2, 0.25) is 0 Å². The lowest BCUT2D eigenvalue weighted by Crippen LogP contribution is -2.61. The molecule has 2 amide bonds. The van der Waals surface area contributed by atoms with Crippen molar-refractivity contribution in [3.05, 3.63) is 0 Å². The first-order valence-electron chi connectivity index (χ1n) is 14.7. The quantitative estimate of drug-likeness (QED) is 0.481. The molecule has 2 saturated carbocycles. The van der Waals surface area contributed by atoms with Gasteiger partial charge in [-0.05, 0) is 81.7 Å². The highest BCUT2D eigenvalue weighted by Gasteiger charge is 2.44. The van der Waals surface area contributed by atoms with Gasteiger partial charge in [-0.2, -0.15) is 5.48 Å². The Morgan fingerprint density at radius 1 is 1.08 bits per heavy atom. The zero-order valence-corrected chi connectivity index (χ0v) is 23.1. The van der Waals surface area contributed by atoms with E-state index in [0.29, 0.717) is 29.7 Å². The summed E-state index contributed by atoms with van der Waals surface area (Å²) in [6.07, 6.45) is 10.9. The smallest absolute Gasteiger partial charge is 0.239 e. The molecule has 8 atom stereocenters. The number of carbonyl (C=O) groups excluding carboxylic acids is 2. The van der Waals surface area contributed by atoms with Crippen molar-refractivity contribution in [2.45, 2.75) is 96.4 Å². The number of likely N-dealkylation sites (N-methyl/N-ethyl adjacent to an activating group) is 1. The van der Waals surface area contributed by atoms with E-state index in [-0.39, 0.29) is 24.1 Å². The fraction of sp³-hybridized carbons (Fsp3) is 0.929. The van der Waals surface area contributed by atoms with E-state index in [1.807, 2.05) is 0 Å². The molecular weight excluding hydrogens is 454 g/mol. The maximum Gasteiger partial charge on any atom is 0.239 e. The molecule has 0 spiro atoms. The van der Waals surface area contributed by atoms with Gasteiger partial charge in [0.15, 0.2) is 0 Å². The van der Waals surface area contributed by atoms with E-state index >= 15 is 0 Å². The van der Waals surface area contributed by atoms with Gasteiger partial charge in [-0.1, -0.05) is 33.6 Å². The highest BCUT2D eigenvalue weighted by Crippen LogP contribution is 2.39. The standard InChI is InChI=1S/C22H39N3O2.C6H12N2O/c1-4-15-10-14(3)19(23-12-15)20(16-8-9-16)24-22(26)18-11-17-7-5-6-13(2)21(17)27-25-18;1-7-2-4-8(6-9)5-3-7/h13-21,23,25H,4-12H2,1-3H3,(H,24,26);6H,2-5H2,1H3. The van der Waals surface area contributed by atoms with Gasteiger partial charge in [0.05, 0.1) is 6.10 Å². The number of nitrogens with one attached hydrogen (secondary N) is 3. The molecule has 206 valence electrons. The Morgan fingerprint density at radius 2 is 1.83 bits per heavy atom. The molecule has 3 aliphatic heterocycles. The van der Waals surface area contributed by atoms with E-state index in [0.717, 1.165) is 51.5 Å². The van der Waals surface area contributed by atoms with Crippen molar-refractivity contribution in [2.75, 3.05) is 39.8 Å². The number of hydrogen-bond donors (Lipinski definition) is 3. The van der Waals surface area contributed by atoms with Crippen LogP contribution in [0.4, 0.5) is 0 Å². The van der Waals surface area contributed by atoms with Gasteiger partial charge < -0.3 is 20.4 Å². The van der Waals surface area contributed by atoms with E-state index in [9.17, 15) is 9.59 Å². The minimum atomic E-state index is -0.194. The molecule has 0 aromatic rings. The van der Waals surface area contributed by atoms with Crippen LogP contribution in [0.3, 0.4) is 0 Å². The predicted molar refractivity (Wildman–Crippen MR) is 142 cm³/mol. The van der Waals surface area contributed by atoms with Crippen LogP contribution in [0.15, 0.2) is 0 Å². The molecule has 5 fully saturated rings. The van der Waals surface area contributed by atoms with Gasteiger partial charge in [-0.15, -0.1) is 0 Å². The Morgan fingerprint density at radius 3 is 2.47 bits per heavy atom. The molecule has 0 aromatic heterocycles. The van der Waals surface area contributed by atoms with Crippen LogP contribution in [0, 0.1) is 29.6 Å². The van der Waals surface area contributed by atoms with Crippen molar-refractivity contribution >= 4 is 12.3 Å². The molecule has 8 heteroatoms. The van der Waals surface area contributed by atoms with Crippen molar-refractivity contribution in [1.29, 1.82) is 0 Å². The summed E-state index contributed by atoms with van der Waals surface area (Å²) in [6.45, 7) is 11.8. The molecule has 5 aliphatic rings. The highest BCUT2D eigenvalue weighted by atomic mass is 16.7. The Labute approximate surface area is 218 Å². The van der Waals surface area contributed by atoms with E-state index in [4.69, 9.17) is 4.84 Å². The minimum absolute atomic E-state index is 0.148. The normalized spacial score (nSPS) is 38.2. The Balaban J connectivity index is 0.000000286. The van der Waals surface area contributed by atoms with Gasteiger partial charge >= 0.3 is 0 Å². The third kappa shape index (κ3) is 7.21. The molecule has 8 nitrogen and oxygen atoms in total. The highest BCUT2D eigenvalue weighted by molar-refractivity contribution is 5.82. The number of piperidine rings is 1. The van der Waals surface area contributed by atoms with Crippen molar-refractivity contribution in [2.24, 2.45) is 29.6 Å². The van der Waals surface area contributed by atoms with Crippen LogP contribution in [0.25, 0.3) is 0 Å². The molecule has 0 radical (unpaired) electrons. The average Bonchev–Trinajstić information content (AvgIpc) is 3.73. The number of carbonyl (C=O) groups is 2. The second kappa shape index (κ2) is 13.0. The number of amides is 2. The van der Waals surface area contributed by atoms with Gasteiger partial charge in [-0.3, -0.25) is 14.4 Å². The number of hydrogen-bond acceptors (Lipinski definition) is 6. The molecule has 3 heterocycles. The molecule has 8 unspecified atom stereocenters. The topological polar surface area (TPSA) is 85.9 Å². The van der Waals surface area contributed by atoms with E-state index in [2.05, 4.69) is 48.8 Å². The molecule has 2 aliphatic carbocycles. The second-order valence-electron chi connectivity index (χ2n) is 12.4. The Bertz CT molecular complexity index is 711. The summed E-state index contributed by atoms with van der Waals surface area (Å²) in [5.41, 5.74) is 3.11. The third-order valence-electron chi connectivity index (χ3n) is 9.51. The van der Waals surface area contributed by atoms with Crippen LogP contribution in [-0.2, 0) is 14.4 Å². The summed E-state index contributed by atoms with van der Waals surface area (Å²) >= 11 is 0. The summed E-state index contributed by atoms with van der Waals surface area (Å²) in [6, 6.07) is 0.492. The predicted octanol–water partition coefficient (Wildman–Crippen LogP) is 2.39. The zero-order valence-electron chi connectivity index (χ0n) is 23.1. The summed E-state index contributed by atoms with van der Waals surface area (Å²) < 4.78 is 0. The fourth-order valence-corrected chi connectivity index (χ4v) is 6.83. The van der Waals surface area contributed by atoms with Gasteiger partial charge in [0.25, 0.3) is 0 Å². The van der Waals surface area contributed by atoms with Crippen LogP contribution in [-0.4, -0.2) is 86.1 Å². The Hall–Kier alpha value is -1.22. The maximum absolute atomic E-state index is 13.1. The molecule has 36 heavy (non-hydrogen) atoms. The van der Waals surface area contributed by atoms with E-state index < -0.39 is 0 Å². The maximum atomic E-state index is 13.1. The van der Waals surface area contributed by atoms with Crippen LogP contribution < -0.4 is 16.1 Å². The molecule has 3 saturated heterocycles. The first-order chi connectivity index (χ1) is 17.4. The number of piperazine rings is 1. The van der Waals surface area contributed by atoms with Crippen molar-refractivity contribution < 1.29 is 14.4 Å². The number of hydroxylamine groups is 1. The largest absolute Gasteiger partial charge is 0.350 e. The summed E-state index contributed by atoms with van der Waals surface area (Å²) in [7, 11) is 2.07. The van der Waals surface area contributed by atoms with Gasteiger partial charge in [0.1, 0.15) is 6.04 Å². The lowest BCUT2D eigenvalue weighted by atomic mass is 9.76. The molecule has 0 bridgehead atoms. The van der Waals surface area contributed by atoms with Gasteiger partial charge in [0, 0.05) is 38.3 Å². The summed E-state index contributed by atoms with van der Waals surface area (Å²) in [5.74, 6) is 3.33. The first-order valence-corrected chi connectivity index (χ1v) is 14.7. The average molecular weight is 506 g/mol. The number of fused-ring (bicyclic) bond motifs is 1. The van der Waals surface area contributed by atoms with Crippen molar-refractivity contribution in [1.82, 2.24) is 25.9 Å². The molecular formula is C28H51N5O3. The first kappa shape index (κ1) is 27.8.